The molecule has 1 unspecified atom stereocenters. The average Bonchev–Trinajstić information content (AvgIpc) is 3.17. The summed E-state index contributed by atoms with van der Waals surface area (Å²) in [6.45, 7) is 0. The zero-order valence-corrected chi connectivity index (χ0v) is 19.4. The Morgan fingerprint density at radius 1 is 0.943 bits per heavy atom. The van der Waals surface area contributed by atoms with Crippen molar-refractivity contribution in [1.82, 2.24) is 0 Å². The third kappa shape index (κ3) is 4.66. The highest BCUT2D eigenvalue weighted by molar-refractivity contribution is 6.16. The Labute approximate surface area is 203 Å². The van der Waals surface area contributed by atoms with Crippen LogP contribution in [0.2, 0.25) is 0 Å². The van der Waals surface area contributed by atoms with Gasteiger partial charge in [0.05, 0.1) is 31.4 Å². The van der Waals surface area contributed by atoms with E-state index in [-0.39, 0.29) is 23.3 Å². The van der Waals surface area contributed by atoms with Gasteiger partial charge in [-0.05, 0) is 36.2 Å². The Morgan fingerprint density at radius 2 is 1.66 bits per heavy atom. The molecule has 1 amide bonds. The van der Waals surface area contributed by atoms with Gasteiger partial charge in [-0.1, -0.05) is 54.6 Å². The number of ketones is 1. The first kappa shape index (κ1) is 23.8. The lowest BCUT2D eigenvalue weighted by molar-refractivity contribution is -0.118. The van der Waals surface area contributed by atoms with E-state index in [1.807, 2.05) is 30.3 Å². The van der Waals surface area contributed by atoms with Crippen LogP contribution in [-0.4, -0.2) is 37.0 Å². The smallest absolute Gasteiger partial charge is 0.337 e. The second-order valence-corrected chi connectivity index (χ2v) is 8.03. The Morgan fingerprint density at radius 3 is 2.37 bits per heavy atom. The number of hydrogen-bond donors (Lipinski definition) is 1. The molecule has 0 spiro atoms. The van der Waals surface area contributed by atoms with E-state index in [2.05, 4.69) is 0 Å². The Bertz CT molecular complexity index is 1300. The minimum atomic E-state index is -0.935. The van der Waals surface area contributed by atoms with Gasteiger partial charge in [-0.3, -0.25) is 14.5 Å². The number of amides is 1. The molecule has 0 bridgehead atoms. The summed E-state index contributed by atoms with van der Waals surface area (Å²) in [4.78, 5) is 40.2. The molecule has 35 heavy (non-hydrogen) atoms. The van der Waals surface area contributed by atoms with Crippen LogP contribution < -0.4 is 9.64 Å². The second kappa shape index (κ2) is 10.3. The van der Waals surface area contributed by atoms with Crippen molar-refractivity contribution >= 4 is 23.3 Å². The third-order valence-electron chi connectivity index (χ3n) is 5.97. The van der Waals surface area contributed by atoms with E-state index in [9.17, 15) is 19.5 Å². The summed E-state index contributed by atoms with van der Waals surface area (Å²) in [6, 6.07) is 21.9. The van der Waals surface area contributed by atoms with E-state index in [1.165, 1.54) is 25.2 Å². The van der Waals surface area contributed by atoms with Crippen molar-refractivity contribution in [1.29, 1.82) is 0 Å². The van der Waals surface area contributed by atoms with Gasteiger partial charge >= 0.3 is 5.97 Å². The zero-order chi connectivity index (χ0) is 24.9. The molecule has 1 N–H and O–H groups in total. The van der Waals surface area contributed by atoms with Gasteiger partial charge in [-0.25, -0.2) is 4.79 Å². The van der Waals surface area contributed by atoms with Gasteiger partial charge in [0, 0.05) is 17.7 Å². The summed E-state index contributed by atoms with van der Waals surface area (Å²) in [6.07, 6.45) is 0.569. The first-order valence-corrected chi connectivity index (χ1v) is 11.1. The van der Waals surface area contributed by atoms with E-state index >= 15 is 0 Å². The Hall–Kier alpha value is -4.39. The van der Waals surface area contributed by atoms with E-state index in [1.54, 1.807) is 42.5 Å². The summed E-state index contributed by atoms with van der Waals surface area (Å²) < 4.78 is 10.3. The van der Waals surface area contributed by atoms with Crippen molar-refractivity contribution in [3.05, 3.63) is 107 Å². The maximum Gasteiger partial charge on any atom is 0.337 e. The molecule has 1 atom stereocenters. The van der Waals surface area contributed by atoms with Crippen LogP contribution >= 0.6 is 0 Å². The molecule has 4 rings (SSSR count). The minimum Gasteiger partial charge on any atom is -0.503 e. The third-order valence-corrected chi connectivity index (χ3v) is 5.97. The van der Waals surface area contributed by atoms with Gasteiger partial charge in [0.1, 0.15) is 5.75 Å². The van der Waals surface area contributed by atoms with Crippen LogP contribution in [0.4, 0.5) is 5.69 Å². The molecule has 178 valence electrons. The number of aliphatic hydroxyl groups is 1. The van der Waals surface area contributed by atoms with Gasteiger partial charge in [-0.15, -0.1) is 0 Å². The number of esters is 1. The fourth-order valence-electron chi connectivity index (χ4n) is 4.28. The summed E-state index contributed by atoms with van der Waals surface area (Å²) in [5.41, 5.74) is 2.09. The molecule has 1 aliphatic heterocycles. The molecular formula is C28H25NO6. The maximum atomic E-state index is 13.4. The number of hydrogen-bond acceptors (Lipinski definition) is 6. The van der Waals surface area contributed by atoms with Crippen molar-refractivity contribution in [2.75, 3.05) is 19.1 Å². The van der Waals surface area contributed by atoms with Gasteiger partial charge < -0.3 is 14.6 Å². The number of carbonyl (C=O) groups excluding carboxylic acids is 3. The van der Waals surface area contributed by atoms with Gasteiger partial charge in [0.2, 0.25) is 0 Å². The van der Waals surface area contributed by atoms with Crippen LogP contribution in [-0.2, 0) is 20.7 Å². The molecule has 0 saturated carbocycles. The summed E-state index contributed by atoms with van der Waals surface area (Å²) in [5.74, 6) is -1.79. The number of aryl methyl sites for hydroxylation is 1. The molecule has 0 fully saturated rings. The van der Waals surface area contributed by atoms with Crippen molar-refractivity contribution in [2.45, 2.75) is 18.9 Å². The standard InChI is InChI=1S/C28H25NO6/c1-34-23-14-7-6-13-21(23)25-24(22(30)16-15-18-9-4-3-5-10-18)26(31)27(32)29(25)20-12-8-11-19(17-20)28(33)35-2/h3-14,17,25,31H,15-16H2,1-2H3. The first-order valence-electron chi connectivity index (χ1n) is 11.1. The molecule has 3 aromatic rings. The molecule has 0 aromatic heterocycles. The number of para-hydroxylation sites is 1. The Balaban J connectivity index is 1.78. The van der Waals surface area contributed by atoms with E-state index < -0.39 is 23.7 Å². The normalized spacial score (nSPS) is 15.3. The number of carbonyl (C=O) groups is 3. The molecule has 3 aromatic carbocycles. The maximum absolute atomic E-state index is 13.4. The summed E-state index contributed by atoms with van der Waals surface area (Å²) in [5, 5.41) is 10.9. The highest BCUT2D eigenvalue weighted by atomic mass is 16.5. The van der Waals surface area contributed by atoms with E-state index in [0.717, 1.165) is 5.56 Å². The predicted octanol–water partition coefficient (Wildman–Crippen LogP) is 4.58. The van der Waals surface area contributed by atoms with Crippen LogP contribution in [0.5, 0.6) is 5.75 Å². The lowest BCUT2D eigenvalue weighted by atomic mass is 9.92. The fraction of sp³-hybridized carbons (Fsp3) is 0.179. The van der Waals surface area contributed by atoms with Crippen LogP contribution in [0.15, 0.2) is 90.2 Å². The Kier molecular flexibility index (Phi) is 6.96. The number of Topliss-reactive ketones (excluding diaryl/α,β-unsaturated/α-hetero) is 1. The van der Waals surface area contributed by atoms with Crippen LogP contribution in [0.25, 0.3) is 0 Å². The van der Waals surface area contributed by atoms with Gasteiger partial charge in [0.25, 0.3) is 5.91 Å². The predicted molar refractivity (Wildman–Crippen MR) is 130 cm³/mol. The number of ether oxygens (including phenoxy) is 2. The van der Waals surface area contributed by atoms with Crippen LogP contribution in [0.1, 0.15) is 33.9 Å². The van der Waals surface area contributed by atoms with E-state index in [0.29, 0.717) is 23.4 Å². The SMILES string of the molecule is COC(=O)c1cccc(N2C(=O)C(O)=C(C(=O)CCc3ccccc3)C2c2ccccc2OC)c1. The second-order valence-electron chi connectivity index (χ2n) is 8.03. The molecule has 7 nitrogen and oxygen atoms in total. The quantitative estimate of drug-likeness (QED) is 0.483. The average molecular weight is 472 g/mol. The molecule has 1 heterocycles. The topological polar surface area (TPSA) is 93.1 Å². The van der Waals surface area contributed by atoms with Crippen LogP contribution in [0, 0.1) is 0 Å². The highest BCUT2D eigenvalue weighted by Crippen LogP contribution is 2.44. The largest absolute Gasteiger partial charge is 0.503 e. The fourth-order valence-corrected chi connectivity index (χ4v) is 4.28. The van der Waals surface area contributed by atoms with E-state index in [4.69, 9.17) is 9.47 Å². The van der Waals surface area contributed by atoms with Gasteiger partial charge in [0.15, 0.2) is 11.5 Å². The van der Waals surface area contributed by atoms with Crippen molar-refractivity contribution < 1.29 is 29.0 Å². The number of anilines is 1. The van der Waals surface area contributed by atoms with Crippen molar-refractivity contribution in [2.24, 2.45) is 0 Å². The zero-order valence-electron chi connectivity index (χ0n) is 19.4. The number of nitrogens with zero attached hydrogens (tertiary/aromatic N) is 1. The summed E-state index contributed by atoms with van der Waals surface area (Å²) >= 11 is 0. The lowest BCUT2D eigenvalue weighted by Gasteiger charge is -2.28. The van der Waals surface area contributed by atoms with Gasteiger partial charge in [-0.2, -0.15) is 0 Å². The molecule has 0 saturated heterocycles. The number of aliphatic hydroxyl groups excluding tert-OH is 1. The first-order chi connectivity index (χ1) is 17.0. The number of rotatable bonds is 8. The lowest BCUT2D eigenvalue weighted by Crippen LogP contribution is -2.31. The minimum absolute atomic E-state index is 0.00102. The molecule has 0 radical (unpaired) electrons. The molecular weight excluding hydrogens is 446 g/mol. The van der Waals surface area contributed by atoms with Crippen LogP contribution in [0.3, 0.4) is 0 Å². The molecule has 1 aliphatic rings. The number of benzene rings is 3. The molecule has 7 heteroatoms. The monoisotopic (exact) mass is 471 g/mol. The van der Waals surface area contributed by atoms with Crippen molar-refractivity contribution in [3.63, 3.8) is 0 Å². The summed E-state index contributed by atoms with van der Waals surface area (Å²) in [7, 11) is 2.77. The van der Waals surface area contributed by atoms with Crippen molar-refractivity contribution in [3.8, 4) is 5.75 Å². The molecule has 0 aliphatic carbocycles. The number of methoxy groups -OCH3 is 2. The highest BCUT2D eigenvalue weighted by Gasteiger charge is 2.45.